The summed E-state index contributed by atoms with van der Waals surface area (Å²) in [6.07, 6.45) is 7.85. The lowest BCUT2D eigenvalue weighted by molar-refractivity contribution is 0.179. The summed E-state index contributed by atoms with van der Waals surface area (Å²) in [4.78, 5) is 0. The third kappa shape index (κ3) is 2.04. The van der Waals surface area contributed by atoms with Crippen LogP contribution in [0.1, 0.15) is 46.5 Å². The second-order valence-electron chi connectivity index (χ2n) is 5.84. The molecule has 0 aromatic carbocycles. The fourth-order valence-corrected chi connectivity index (χ4v) is 3.51. The number of hydrogen-bond acceptors (Lipinski definition) is 0. The average molecular weight is 204 g/mol. The molecular weight excluding hydrogens is 180 g/mol. The summed E-state index contributed by atoms with van der Waals surface area (Å²) in [5.74, 6) is 3.33. The van der Waals surface area contributed by atoms with Gasteiger partial charge in [-0.05, 0) is 56.3 Å². The topological polar surface area (TPSA) is 0 Å². The van der Waals surface area contributed by atoms with E-state index in [4.69, 9.17) is 0 Å². The van der Waals surface area contributed by atoms with Gasteiger partial charge in [-0.15, -0.1) is 0 Å². The summed E-state index contributed by atoms with van der Waals surface area (Å²) in [6, 6.07) is 0. The minimum Gasteiger partial charge on any atom is -0.0996 e. The fourth-order valence-electron chi connectivity index (χ4n) is 3.51. The lowest BCUT2D eigenvalue weighted by Crippen LogP contribution is -2.33. The first-order chi connectivity index (χ1) is 7.09. The van der Waals surface area contributed by atoms with Gasteiger partial charge in [0.15, 0.2) is 0 Å². The Morgan fingerprint density at radius 1 is 1.27 bits per heavy atom. The number of allylic oxidation sites excluding steroid dienone is 3. The van der Waals surface area contributed by atoms with Crippen LogP contribution in [0.25, 0.3) is 0 Å². The van der Waals surface area contributed by atoms with Crippen LogP contribution in [0, 0.1) is 23.7 Å². The van der Waals surface area contributed by atoms with Gasteiger partial charge in [0.05, 0.1) is 0 Å². The van der Waals surface area contributed by atoms with E-state index in [2.05, 4.69) is 33.4 Å². The van der Waals surface area contributed by atoms with Crippen molar-refractivity contribution < 1.29 is 0 Å². The molecule has 0 amide bonds. The highest BCUT2D eigenvalue weighted by molar-refractivity contribution is 5.19. The summed E-state index contributed by atoms with van der Waals surface area (Å²) < 4.78 is 0. The molecule has 0 aliphatic heterocycles. The number of hydrogen-bond donors (Lipinski definition) is 0. The molecule has 2 aliphatic rings. The van der Waals surface area contributed by atoms with Gasteiger partial charge in [0.25, 0.3) is 0 Å². The maximum atomic E-state index is 4.29. The zero-order chi connectivity index (χ0) is 11.0. The molecule has 0 spiro atoms. The van der Waals surface area contributed by atoms with Gasteiger partial charge in [-0.2, -0.15) is 0 Å². The van der Waals surface area contributed by atoms with Crippen molar-refractivity contribution in [2.24, 2.45) is 23.7 Å². The van der Waals surface area contributed by atoms with Crippen LogP contribution < -0.4 is 0 Å². The minimum absolute atomic E-state index is 0.801. The van der Waals surface area contributed by atoms with Crippen molar-refractivity contribution in [3.63, 3.8) is 0 Å². The quantitative estimate of drug-likeness (QED) is 0.548. The van der Waals surface area contributed by atoms with Crippen molar-refractivity contribution >= 4 is 0 Å². The van der Waals surface area contributed by atoms with E-state index in [9.17, 15) is 0 Å². The van der Waals surface area contributed by atoms with Crippen LogP contribution in [0.15, 0.2) is 23.8 Å². The molecule has 15 heavy (non-hydrogen) atoms. The molecule has 3 atom stereocenters. The Hall–Kier alpha value is -0.520. The van der Waals surface area contributed by atoms with Crippen molar-refractivity contribution in [2.75, 3.05) is 0 Å². The molecule has 0 radical (unpaired) electrons. The Kier molecular flexibility index (Phi) is 3.04. The molecule has 2 aliphatic carbocycles. The van der Waals surface area contributed by atoms with Gasteiger partial charge in [0.1, 0.15) is 0 Å². The Morgan fingerprint density at radius 3 is 2.67 bits per heavy atom. The lowest BCUT2D eigenvalue weighted by Gasteiger charge is -2.43. The van der Waals surface area contributed by atoms with Gasteiger partial charge in [-0.3, -0.25) is 0 Å². The summed E-state index contributed by atoms with van der Waals surface area (Å²) in [6.45, 7) is 11.3. The van der Waals surface area contributed by atoms with Crippen molar-refractivity contribution in [3.05, 3.63) is 23.8 Å². The molecular formula is C15H24. The molecule has 0 nitrogen and oxygen atoms in total. The molecule has 1 saturated carbocycles. The average Bonchev–Trinajstić information content (AvgIpc) is 2.17. The second-order valence-corrected chi connectivity index (χ2v) is 5.84. The van der Waals surface area contributed by atoms with Gasteiger partial charge in [-0.25, -0.2) is 0 Å². The van der Waals surface area contributed by atoms with Crippen molar-refractivity contribution in [1.82, 2.24) is 0 Å². The van der Waals surface area contributed by atoms with E-state index in [-0.39, 0.29) is 0 Å². The zero-order valence-corrected chi connectivity index (χ0v) is 10.4. The largest absolute Gasteiger partial charge is 0.0996 e. The van der Waals surface area contributed by atoms with Crippen LogP contribution in [0.4, 0.5) is 0 Å². The van der Waals surface area contributed by atoms with E-state index < -0.39 is 0 Å². The van der Waals surface area contributed by atoms with E-state index in [0.717, 1.165) is 23.7 Å². The maximum absolute atomic E-state index is 4.29. The standard InChI is InChI=1S/C15H24/c1-10(2)13-8-6-12(4)14-7-5-11(3)9-15(13)14/h9-10,13-15H,4-8H2,1-3H3/t13-,14+,15+/m1/s1. The normalized spacial score (nSPS) is 36.4. The van der Waals surface area contributed by atoms with Gasteiger partial charge in [0, 0.05) is 0 Å². The summed E-state index contributed by atoms with van der Waals surface area (Å²) in [5, 5.41) is 0. The van der Waals surface area contributed by atoms with E-state index in [1.54, 1.807) is 5.57 Å². The minimum atomic E-state index is 0.801. The van der Waals surface area contributed by atoms with E-state index in [1.165, 1.54) is 31.3 Å². The molecule has 0 aromatic heterocycles. The van der Waals surface area contributed by atoms with Crippen LogP contribution in [-0.4, -0.2) is 0 Å². The molecule has 0 bridgehead atoms. The fraction of sp³-hybridized carbons (Fsp3) is 0.733. The molecule has 0 aromatic rings. The third-order valence-corrected chi connectivity index (χ3v) is 4.47. The predicted molar refractivity (Wildman–Crippen MR) is 66.7 cm³/mol. The Morgan fingerprint density at radius 2 is 2.00 bits per heavy atom. The highest BCUT2D eigenvalue weighted by atomic mass is 14.4. The number of fused-ring (bicyclic) bond motifs is 1. The smallest absolute Gasteiger partial charge is 0.0134 e. The first-order valence-corrected chi connectivity index (χ1v) is 6.44. The molecule has 0 saturated heterocycles. The van der Waals surface area contributed by atoms with Gasteiger partial charge in [-0.1, -0.05) is 37.6 Å². The maximum Gasteiger partial charge on any atom is -0.0134 e. The van der Waals surface area contributed by atoms with Gasteiger partial charge >= 0.3 is 0 Å². The van der Waals surface area contributed by atoms with Crippen molar-refractivity contribution in [2.45, 2.75) is 46.5 Å². The third-order valence-electron chi connectivity index (χ3n) is 4.47. The van der Waals surface area contributed by atoms with E-state index >= 15 is 0 Å². The SMILES string of the molecule is C=C1CC[C@H](C(C)C)[C@@H]2C=C(C)CC[C@@H]12. The first-order valence-electron chi connectivity index (χ1n) is 6.44. The van der Waals surface area contributed by atoms with E-state index in [1.807, 2.05) is 0 Å². The summed E-state index contributed by atoms with van der Waals surface area (Å²) in [5.41, 5.74) is 3.14. The summed E-state index contributed by atoms with van der Waals surface area (Å²) >= 11 is 0. The molecule has 84 valence electrons. The van der Waals surface area contributed by atoms with Gasteiger partial charge < -0.3 is 0 Å². The first kappa shape index (κ1) is 11.0. The molecule has 0 heterocycles. The molecule has 1 fully saturated rings. The Labute approximate surface area is 94.5 Å². The van der Waals surface area contributed by atoms with Crippen molar-refractivity contribution in [3.8, 4) is 0 Å². The van der Waals surface area contributed by atoms with Crippen LogP contribution in [0.3, 0.4) is 0 Å². The van der Waals surface area contributed by atoms with Crippen molar-refractivity contribution in [1.29, 1.82) is 0 Å². The zero-order valence-electron chi connectivity index (χ0n) is 10.4. The monoisotopic (exact) mass is 204 g/mol. The molecule has 0 N–H and O–H groups in total. The lowest BCUT2D eigenvalue weighted by atomic mass is 9.62. The highest BCUT2D eigenvalue weighted by Crippen LogP contribution is 2.47. The second kappa shape index (κ2) is 4.15. The van der Waals surface area contributed by atoms with Crippen LogP contribution in [0.2, 0.25) is 0 Å². The predicted octanol–water partition coefficient (Wildman–Crippen LogP) is 4.58. The van der Waals surface area contributed by atoms with Crippen LogP contribution in [0.5, 0.6) is 0 Å². The summed E-state index contributed by atoms with van der Waals surface area (Å²) in [7, 11) is 0. The molecule has 0 heteroatoms. The van der Waals surface area contributed by atoms with Crippen LogP contribution in [-0.2, 0) is 0 Å². The highest BCUT2D eigenvalue weighted by Gasteiger charge is 2.36. The Bertz CT molecular complexity index is 282. The van der Waals surface area contributed by atoms with E-state index in [0.29, 0.717) is 0 Å². The van der Waals surface area contributed by atoms with Gasteiger partial charge in [0.2, 0.25) is 0 Å². The number of rotatable bonds is 1. The molecule has 2 rings (SSSR count). The van der Waals surface area contributed by atoms with Crippen LogP contribution >= 0.6 is 0 Å². The Balaban J connectivity index is 2.24. The molecule has 0 unspecified atom stereocenters.